The smallest absolute Gasteiger partial charge is 0.295 e. The summed E-state index contributed by atoms with van der Waals surface area (Å²) < 4.78 is 0.220. The Morgan fingerprint density at radius 1 is 1.58 bits per heavy atom. The van der Waals surface area contributed by atoms with Crippen LogP contribution < -0.4 is 21.1 Å². The van der Waals surface area contributed by atoms with E-state index >= 15 is 0 Å². The van der Waals surface area contributed by atoms with Crippen LogP contribution in [-0.4, -0.2) is 28.4 Å². The summed E-state index contributed by atoms with van der Waals surface area (Å²) in [6.07, 6.45) is 0. The number of hydrazine groups is 1. The third-order valence-electron chi connectivity index (χ3n) is 2.43. The van der Waals surface area contributed by atoms with E-state index in [1.54, 1.807) is 23.1 Å². The summed E-state index contributed by atoms with van der Waals surface area (Å²) in [4.78, 5) is 23.9. The monoisotopic (exact) mass is 298 g/mol. The number of hydrogen-bond acceptors (Lipinski definition) is 5. The number of carbonyl (C=O) groups is 1. The number of amides is 2. The summed E-state index contributed by atoms with van der Waals surface area (Å²) in [5.74, 6) is 0. The van der Waals surface area contributed by atoms with Gasteiger partial charge in [-0.2, -0.15) is 4.79 Å². The quantitative estimate of drug-likeness (QED) is 0.371. The second-order valence-electron chi connectivity index (χ2n) is 3.80. The van der Waals surface area contributed by atoms with E-state index in [2.05, 4.69) is 28.8 Å². The molecule has 0 radical (unpaired) electrons. The topological polar surface area (TPSA) is 76.5 Å². The summed E-state index contributed by atoms with van der Waals surface area (Å²) in [7, 11) is 1.13. The second kappa shape index (κ2) is 5.51. The zero-order valence-corrected chi connectivity index (χ0v) is 11.7. The number of rotatable bonds is 2. The van der Waals surface area contributed by atoms with Gasteiger partial charge in [-0.3, -0.25) is 10.3 Å². The van der Waals surface area contributed by atoms with Crippen LogP contribution in [0.1, 0.15) is 0 Å². The molecule has 1 unspecified atom stereocenters. The molecule has 1 aromatic rings. The molecule has 9 heteroatoms. The first kappa shape index (κ1) is 13.7. The fourth-order valence-electron chi connectivity index (χ4n) is 1.56. The maximum Gasteiger partial charge on any atom is 0.534 e. The van der Waals surface area contributed by atoms with Gasteiger partial charge in [-0.05, 0) is 24.4 Å². The van der Waals surface area contributed by atoms with Gasteiger partial charge in [0.15, 0.2) is 5.11 Å². The van der Waals surface area contributed by atoms with E-state index < -0.39 is 6.03 Å². The highest BCUT2D eigenvalue weighted by Crippen LogP contribution is 2.23. The highest BCUT2D eigenvalue weighted by atomic mass is 32.1. The molecule has 1 saturated heterocycles. The Morgan fingerprint density at radius 3 is 2.89 bits per heavy atom. The maximum atomic E-state index is 11.3. The Labute approximate surface area is 120 Å². The van der Waals surface area contributed by atoms with E-state index in [4.69, 9.17) is 12.2 Å². The number of benzene rings is 1. The Morgan fingerprint density at radius 2 is 2.32 bits per heavy atom. The molecule has 2 amide bonds. The van der Waals surface area contributed by atoms with E-state index in [0.29, 0.717) is 10.8 Å². The van der Waals surface area contributed by atoms with Crippen molar-refractivity contribution in [2.45, 2.75) is 5.50 Å². The molecule has 1 heterocycles. The van der Waals surface area contributed by atoms with Gasteiger partial charge in [0.05, 0.1) is 0 Å². The third-order valence-corrected chi connectivity index (χ3v) is 3.09. The molecule has 1 aromatic carbocycles. The molecule has 0 bridgehead atoms. The van der Waals surface area contributed by atoms with Gasteiger partial charge in [-0.25, -0.2) is 10.7 Å². The van der Waals surface area contributed by atoms with Crippen molar-refractivity contribution in [3.8, 4) is 0 Å². The molecule has 0 saturated carbocycles. The number of anilines is 2. The molecule has 100 valence electrons. The van der Waals surface area contributed by atoms with E-state index in [0.717, 1.165) is 12.7 Å². The zero-order chi connectivity index (χ0) is 14.0. The van der Waals surface area contributed by atoms with Gasteiger partial charge >= 0.3 is 6.03 Å². The van der Waals surface area contributed by atoms with Crippen LogP contribution >= 0.6 is 24.8 Å². The van der Waals surface area contributed by atoms with Gasteiger partial charge in [0, 0.05) is 16.5 Å². The Bertz CT molecular complexity index is 550. The zero-order valence-electron chi connectivity index (χ0n) is 9.95. The predicted molar refractivity (Wildman–Crippen MR) is 79.1 cm³/mol. The molecule has 3 N–H and O–H groups in total. The summed E-state index contributed by atoms with van der Waals surface area (Å²) in [5.41, 5.74) is 6.57. The lowest BCUT2D eigenvalue weighted by Crippen LogP contribution is -2.32. The molecule has 1 atom stereocenters. The van der Waals surface area contributed by atoms with Crippen molar-refractivity contribution in [3.63, 3.8) is 0 Å². The average molecular weight is 298 g/mol. The van der Waals surface area contributed by atoms with E-state index in [1.165, 1.54) is 0 Å². The van der Waals surface area contributed by atoms with Crippen LogP contribution in [0.25, 0.3) is 0 Å². The number of nitrogens with one attached hydrogen (secondary N) is 3. The van der Waals surface area contributed by atoms with Gasteiger partial charge < -0.3 is 0 Å². The van der Waals surface area contributed by atoms with Gasteiger partial charge in [0.2, 0.25) is 0 Å². The third kappa shape index (κ3) is 3.00. The first-order valence-electron chi connectivity index (χ1n) is 5.34. The molecule has 19 heavy (non-hydrogen) atoms. The molecule has 7 nitrogen and oxygen atoms in total. The fourth-order valence-corrected chi connectivity index (χ4v) is 2.22. The Hall–Kier alpha value is -1.71. The Balaban J connectivity index is 2.22. The van der Waals surface area contributed by atoms with Crippen molar-refractivity contribution in [1.82, 2.24) is 10.9 Å². The van der Waals surface area contributed by atoms with Crippen molar-refractivity contribution < 1.29 is 9.55 Å². The first-order valence-corrected chi connectivity index (χ1v) is 6.26. The normalized spacial score (nSPS) is 18.1. The number of urea groups is 1. The van der Waals surface area contributed by atoms with E-state index in [-0.39, 0.29) is 10.3 Å². The first-order chi connectivity index (χ1) is 8.99. The molecule has 0 aromatic heterocycles. The molecule has 0 spiro atoms. The fraction of sp³-hybridized carbons (Fsp3) is 0.200. The van der Waals surface area contributed by atoms with Crippen molar-refractivity contribution in [3.05, 3.63) is 29.2 Å². The van der Waals surface area contributed by atoms with Crippen molar-refractivity contribution in [2.24, 2.45) is 0 Å². The molecule has 2 rings (SSSR count). The SMILES string of the molecule is C[N+](=O)C(=O)Nc1cccc(N2C(=S)NNC2S)c1. The summed E-state index contributed by atoms with van der Waals surface area (Å²) >= 11 is 9.44. The minimum atomic E-state index is -0.736. The van der Waals surface area contributed by atoms with E-state index in [1.807, 2.05) is 6.07 Å². The van der Waals surface area contributed by atoms with Gasteiger partial charge in [-0.15, -0.1) is 12.6 Å². The van der Waals surface area contributed by atoms with Crippen LogP contribution in [0.15, 0.2) is 24.3 Å². The highest BCUT2D eigenvalue weighted by Gasteiger charge is 2.26. The predicted octanol–water partition coefficient (Wildman–Crippen LogP) is 1.04. The van der Waals surface area contributed by atoms with Crippen LogP contribution in [0.5, 0.6) is 0 Å². The lowest BCUT2D eigenvalue weighted by atomic mass is 10.2. The standard InChI is InChI=1S/C10H11N5O2S2/c1-14(17)8(16)11-6-3-2-4-7(5-6)15-9(18)12-13-10(15)19/h2-5,9,12H,1H3,(H2-,11,13,16,18,19)/p+1. The molecular weight excluding hydrogens is 286 g/mol. The van der Waals surface area contributed by atoms with Crippen LogP contribution in [0.4, 0.5) is 16.2 Å². The minimum Gasteiger partial charge on any atom is -0.295 e. The Kier molecular flexibility index (Phi) is 3.98. The van der Waals surface area contributed by atoms with Gasteiger partial charge in [-0.1, -0.05) is 11.0 Å². The number of nitrogens with zero attached hydrogens (tertiary/aromatic N) is 2. The van der Waals surface area contributed by atoms with Gasteiger partial charge in [0.25, 0.3) is 0 Å². The number of carbonyl (C=O) groups excluding carboxylic acids is 1. The summed E-state index contributed by atoms with van der Waals surface area (Å²) in [6, 6.07) is 6.21. The molecular formula is C10H12N5O2S2+. The van der Waals surface area contributed by atoms with Gasteiger partial charge in [0.1, 0.15) is 18.2 Å². The average Bonchev–Trinajstić information content (AvgIpc) is 2.69. The largest absolute Gasteiger partial charge is 0.534 e. The summed E-state index contributed by atoms with van der Waals surface area (Å²) in [6.45, 7) is 0. The van der Waals surface area contributed by atoms with Crippen LogP contribution in [0.2, 0.25) is 0 Å². The van der Waals surface area contributed by atoms with Crippen molar-refractivity contribution in [1.29, 1.82) is 0 Å². The number of thiol groups is 1. The number of nitroso groups, excluding NO2 is 1. The molecule has 0 aliphatic carbocycles. The maximum absolute atomic E-state index is 11.3. The second-order valence-corrected chi connectivity index (χ2v) is 4.67. The van der Waals surface area contributed by atoms with Crippen molar-refractivity contribution in [2.75, 3.05) is 17.3 Å². The van der Waals surface area contributed by atoms with E-state index in [9.17, 15) is 9.70 Å². The molecule has 1 aliphatic heterocycles. The lowest BCUT2D eigenvalue weighted by Gasteiger charge is -2.20. The molecule has 1 aliphatic rings. The lowest BCUT2D eigenvalue weighted by molar-refractivity contribution is -0.411. The van der Waals surface area contributed by atoms with Crippen LogP contribution in [0.3, 0.4) is 0 Å². The minimum absolute atomic E-state index is 0.220. The molecule has 1 fully saturated rings. The van der Waals surface area contributed by atoms with Crippen LogP contribution in [-0.2, 0) is 0 Å². The highest BCUT2D eigenvalue weighted by molar-refractivity contribution is 7.82. The van der Waals surface area contributed by atoms with Crippen molar-refractivity contribution >= 4 is 47.4 Å². The summed E-state index contributed by atoms with van der Waals surface area (Å²) in [5, 5.41) is 2.95. The number of thiocarbonyl (C=S) groups is 1. The number of hydrogen-bond donors (Lipinski definition) is 4. The van der Waals surface area contributed by atoms with Crippen LogP contribution in [0, 0.1) is 4.91 Å².